The standard InChI is InChI=1S/C19H28N4O/c1-13-10-18(21-14(2)20-13)22-8-6-15(7-9-22)19(24)23-11-16-4-3-5-17(16)12-23/h10,15-17H,3-9,11-12H2,1-2H3. The van der Waals surface area contributed by atoms with Gasteiger partial charge in [0.15, 0.2) is 0 Å². The monoisotopic (exact) mass is 328 g/mol. The van der Waals surface area contributed by atoms with E-state index in [1.165, 1.54) is 19.3 Å². The van der Waals surface area contributed by atoms with Crippen molar-refractivity contribution in [2.45, 2.75) is 46.0 Å². The average molecular weight is 328 g/mol. The molecule has 1 aromatic heterocycles. The van der Waals surface area contributed by atoms with Gasteiger partial charge in [0.2, 0.25) is 5.91 Å². The number of nitrogens with zero attached hydrogens (tertiary/aromatic N) is 4. The maximum Gasteiger partial charge on any atom is 0.225 e. The first kappa shape index (κ1) is 15.9. The van der Waals surface area contributed by atoms with Crippen molar-refractivity contribution in [2.24, 2.45) is 17.8 Å². The molecule has 1 aliphatic carbocycles. The summed E-state index contributed by atoms with van der Waals surface area (Å²) in [6, 6.07) is 2.05. The first-order chi connectivity index (χ1) is 11.6. The first-order valence-corrected chi connectivity index (χ1v) is 9.46. The van der Waals surface area contributed by atoms with Gasteiger partial charge in [-0.05, 0) is 51.4 Å². The smallest absolute Gasteiger partial charge is 0.225 e. The van der Waals surface area contributed by atoms with Crippen LogP contribution < -0.4 is 4.90 Å². The average Bonchev–Trinajstić information content (AvgIpc) is 3.15. The van der Waals surface area contributed by atoms with Crippen molar-refractivity contribution in [2.75, 3.05) is 31.1 Å². The fourth-order valence-corrected chi connectivity index (χ4v) is 4.89. The number of anilines is 1. The molecule has 0 radical (unpaired) electrons. The first-order valence-electron chi connectivity index (χ1n) is 9.46. The summed E-state index contributed by atoms with van der Waals surface area (Å²) in [5.74, 6) is 4.05. The molecule has 2 unspecified atom stereocenters. The van der Waals surface area contributed by atoms with Gasteiger partial charge < -0.3 is 9.80 Å². The summed E-state index contributed by atoms with van der Waals surface area (Å²) in [7, 11) is 0. The molecule has 1 amide bonds. The second kappa shape index (κ2) is 6.34. The van der Waals surface area contributed by atoms with Crippen LogP contribution in [0.2, 0.25) is 0 Å². The van der Waals surface area contributed by atoms with E-state index in [9.17, 15) is 4.79 Å². The topological polar surface area (TPSA) is 49.3 Å². The third-order valence-corrected chi connectivity index (χ3v) is 6.16. The van der Waals surface area contributed by atoms with Crippen LogP contribution >= 0.6 is 0 Å². The van der Waals surface area contributed by atoms with Gasteiger partial charge in [0.25, 0.3) is 0 Å². The molecule has 5 nitrogen and oxygen atoms in total. The minimum atomic E-state index is 0.212. The van der Waals surface area contributed by atoms with Gasteiger partial charge in [-0.2, -0.15) is 0 Å². The molecule has 0 spiro atoms. The van der Waals surface area contributed by atoms with Crippen LogP contribution in [0.4, 0.5) is 5.82 Å². The molecule has 0 aromatic carbocycles. The maximum atomic E-state index is 12.9. The van der Waals surface area contributed by atoms with Gasteiger partial charge >= 0.3 is 0 Å². The Morgan fingerprint density at radius 2 is 1.71 bits per heavy atom. The van der Waals surface area contributed by atoms with Gasteiger partial charge in [0.05, 0.1) is 0 Å². The molecule has 24 heavy (non-hydrogen) atoms. The van der Waals surface area contributed by atoms with Crippen molar-refractivity contribution < 1.29 is 4.79 Å². The number of fused-ring (bicyclic) bond motifs is 1. The molecular weight excluding hydrogens is 300 g/mol. The lowest BCUT2D eigenvalue weighted by molar-refractivity contribution is -0.135. The predicted molar refractivity (Wildman–Crippen MR) is 93.9 cm³/mol. The quantitative estimate of drug-likeness (QED) is 0.837. The summed E-state index contributed by atoms with van der Waals surface area (Å²) in [6.45, 7) is 7.84. The molecule has 0 N–H and O–H groups in total. The highest BCUT2D eigenvalue weighted by atomic mass is 16.2. The second-order valence-electron chi connectivity index (χ2n) is 7.87. The highest BCUT2D eigenvalue weighted by Crippen LogP contribution is 2.38. The fourth-order valence-electron chi connectivity index (χ4n) is 4.89. The van der Waals surface area contributed by atoms with Crippen LogP contribution in [0.15, 0.2) is 6.07 Å². The summed E-state index contributed by atoms with van der Waals surface area (Å²) in [6.07, 6.45) is 5.94. The van der Waals surface area contributed by atoms with Crippen LogP contribution in [0, 0.1) is 31.6 Å². The number of likely N-dealkylation sites (tertiary alicyclic amines) is 1. The Bertz CT molecular complexity index is 592. The number of rotatable bonds is 2. The van der Waals surface area contributed by atoms with E-state index in [4.69, 9.17) is 0 Å². The van der Waals surface area contributed by atoms with E-state index in [0.717, 1.165) is 68.2 Å². The SMILES string of the molecule is Cc1cc(N2CCC(C(=O)N3CC4CCCC4C3)CC2)nc(C)n1. The van der Waals surface area contributed by atoms with E-state index >= 15 is 0 Å². The zero-order chi connectivity index (χ0) is 16.7. The van der Waals surface area contributed by atoms with Gasteiger partial charge in [0, 0.05) is 43.9 Å². The van der Waals surface area contributed by atoms with Crippen molar-refractivity contribution >= 4 is 11.7 Å². The van der Waals surface area contributed by atoms with Gasteiger partial charge in [-0.1, -0.05) is 6.42 Å². The lowest BCUT2D eigenvalue weighted by Gasteiger charge is -2.34. The van der Waals surface area contributed by atoms with Crippen LogP contribution in [0.5, 0.6) is 0 Å². The van der Waals surface area contributed by atoms with E-state index in [2.05, 4.69) is 25.8 Å². The number of carbonyl (C=O) groups is 1. The largest absolute Gasteiger partial charge is 0.356 e. The van der Waals surface area contributed by atoms with E-state index in [1.807, 2.05) is 13.8 Å². The Labute approximate surface area is 144 Å². The van der Waals surface area contributed by atoms with Crippen molar-refractivity contribution in [1.29, 1.82) is 0 Å². The predicted octanol–water partition coefficient (Wildman–Crippen LogP) is 2.57. The minimum Gasteiger partial charge on any atom is -0.356 e. The maximum absolute atomic E-state index is 12.9. The number of carbonyl (C=O) groups excluding carboxylic acids is 1. The fraction of sp³-hybridized carbons (Fsp3) is 0.737. The zero-order valence-electron chi connectivity index (χ0n) is 14.9. The van der Waals surface area contributed by atoms with E-state index in [-0.39, 0.29) is 5.92 Å². The molecule has 4 rings (SSSR count). The summed E-state index contributed by atoms with van der Waals surface area (Å²) in [5.41, 5.74) is 1.01. The van der Waals surface area contributed by atoms with Crippen LogP contribution in [-0.4, -0.2) is 47.0 Å². The third kappa shape index (κ3) is 3.01. The molecule has 2 aliphatic heterocycles. The highest BCUT2D eigenvalue weighted by molar-refractivity contribution is 5.79. The molecule has 130 valence electrons. The molecule has 3 heterocycles. The molecule has 3 fully saturated rings. The third-order valence-electron chi connectivity index (χ3n) is 6.16. The summed E-state index contributed by atoms with van der Waals surface area (Å²) >= 11 is 0. The zero-order valence-corrected chi connectivity index (χ0v) is 14.9. The number of amides is 1. The molecule has 2 atom stereocenters. The number of hydrogen-bond donors (Lipinski definition) is 0. The van der Waals surface area contributed by atoms with Crippen LogP contribution in [-0.2, 0) is 4.79 Å². The van der Waals surface area contributed by atoms with Gasteiger partial charge in [0.1, 0.15) is 11.6 Å². The number of hydrogen-bond acceptors (Lipinski definition) is 4. The lowest BCUT2D eigenvalue weighted by atomic mass is 9.95. The number of piperidine rings is 1. The van der Waals surface area contributed by atoms with Gasteiger partial charge in [-0.25, -0.2) is 9.97 Å². The Morgan fingerprint density at radius 3 is 2.33 bits per heavy atom. The molecular formula is C19H28N4O. The van der Waals surface area contributed by atoms with Crippen LogP contribution in [0.1, 0.15) is 43.6 Å². The van der Waals surface area contributed by atoms with Gasteiger partial charge in [-0.3, -0.25) is 4.79 Å². The molecule has 1 saturated carbocycles. The molecule has 1 aromatic rings. The molecule has 3 aliphatic rings. The van der Waals surface area contributed by atoms with Gasteiger partial charge in [-0.15, -0.1) is 0 Å². The Balaban J connectivity index is 1.35. The molecule has 2 saturated heterocycles. The molecule has 5 heteroatoms. The van der Waals surface area contributed by atoms with Crippen molar-refractivity contribution in [3.05, 3.63) is 17.6 Å². The summed E-state index contributed by atoms with van der Waals surface area (Å²) < 4.78 is 0. The van der Waals surface area contributed by atoms with E-state index in [0.29, 0.717) is 5.91 Å². The lowest BCUT2D eigenvalue weighted by Crippen LogP contribution is -2.42. The van der Waals surface area contributed by atoms with E-state index < -0.39 is 0 Å². The summed E-state index contributed by atoms with van der Waals surface area (Å²) in [5, 5.41) is 0. The number of aryl methyl sites for hydroxylation is 2. The highest BCUT2D eigenvalue weighted by Gasteiger charge is 2.40. The number of aromatic nitrogens is 2. The van der Waals surface area contributed by atoms with E-state index in [1.54, 1.807) is 0 Å². The normalized spacial score (nSPS) is 27.6. The Kier molecular flexibility index (Phi) is 4.19. The Morgan fingerprint density at radius 1 is 1.04 bits per heavy atom. The molecule has 0 bridgehead atoms. The van der Waals surface area contributed by atoms with Crippen molar-refractivity contribution in [3.63, 3.8) is 0 Å². The van der Waals surface area contributed by atoms with Crippen molar-refractivity contribution in [3.8, 4) is 0 Å². The van der Waals surface area contributed by atoms with Crippen molar-refractivity contribution in [1.82, 2.24) is 14.9 Å². The summed E-state index contributed by atoms with van der Waals surface area (Å²) in [4.78, 5) is 26.3. The van der Waals surface area contributed by atoms with Crippen LogP contribution in [0.25, 0.3) is 0 Å². The Hall–Kier alpha value is -1.65. The second-order valence-corrected chi connectivity index (χ2v) is 7.87. The van der Waals surface area contributed by atoms with Crippen LogP contribution in [0.3, 0.4) is 0 Å². The minimum absolute atomic E-state index is 0.212.